The highest BCUT2D eigenvalue weighted by Crippen LogP contribution is 2.13. The van der Waals surface area contributed by atoms with Gasteiger partial charge in [0, 0.05) is 13.2 Å². The van der Waals surface area contributed by atoms with Gasteiger partial charge in [0.1, 0.15) is 24.7 Å². The Kier molecular flexibility index (Phi) is 15.9. The Morgan fingerprint density at radius 3 is 1.42 bits per heavy atom. The topological polar surface area (TPSA) is 143 Å². The van der Waals surface area contributed by atoms with Crippen LogP contribution in [-0.2, 0) is 14.2 Å². The van der Waals surface area contributed by atoms with Crippen molar-refractivity contribution in [3.05, 3.63) is 59.7 Å². The molecule has 2 aromatic rings. The lowest BCUT2D eigenvalue weighted by Gasteiger charge is -2.05. The van der Waals surface area contributed by atoms with E-state index < -0.39 is 11.9 Å². The summed E-state index contributed by atoms with van der Waals surface area (Å²) in [7, 11) is 0. The van der Waals surface area contributed by atoms with Crippen molar-refractivity contribution in [1.29, 1.82) is 0 Å². The van der Waals surface area contributed by atoms with Gasteiger partial charge in [-0.15, -0.1) is 0 Å². The Morgan fingerprint density at radius 1 is 0.742 bits per heavy atom. The van der Waals surface area contributed by atoms with Gasteiger partial charge in [-0.2, -0.15) is 0 Å². The van der Waals surface area contributed by atoms with Crippen LogP contribution in [-0.4, -0.2) is 72.0 Å². The SMILES string of the molecule is CCOCC.O=C(OCCO)c1cccc(C(=O)OCCO)c1.Oc1ccc(O)cc1. The number of benzene rings is 2. The van der Waals surface area contributed by atoms with Gasteiger partial charge < -0.3 is 34.6 Å². The third kappa shape index (κ3) is 13.7. The lowest BCUT2D eigenvalue weighted by atomic mass is 10.1. The molecule has 0 saturated carbocycles. The molecule has 0 heterocycles. The highest BCUT2D eigenvalue weighted by atomic mass is 16.5. The third-order valence-corrected chi connectivity index (χ3v) is 3.24. The van der Waals surface area contributed by atoms with E-state index in [2.05, 4.69) is 0 Å². The molecule has 2 rings (SSSR count). The second kappa shape index (κ2) is 17.7. The zero-order chi connectivity index (χ0) is 23.5. The molecule has 0 radical (unpaired) electrons. The summed E-state index contributed by atoms with van der Waals surface area (Å²) in [6, 6.07) is 11.5. The summed E-state index contributed by atoms with van der Waals surface area (Å²) in [5.41, 5.74) is 0.392. The minimum absolute atomic E-state index is 0.0992. The number of phenols is 2. The van der Waals surface area contributed by atoms with Crippen molar-refractivity contribution in [1.82, 2.24) is 0 Å². The maximum atomic E-state index is 11.5. The van der Waals surface area contributed by atoms with Gasteiger partial charge in [0.15, 0.2) is 0 Å². The number of carbonyl (C=O) groups is 2. The molecule has 31 heavy (non-hydrogen) atoms. The minimum Gasteiger partial charge on any atom is -0.508 e. The smallest absolute Gasteiger partial charge is 0.338 e. The number of rotatable bonds is 8. The van der Waals surface area contributed by atoms with E-state index in [1.807, 2.05) is 13.8 Å². The highest BCUT2D eigenvalue weighted by Gasteiger charge is 2.12. The van der Waals surface area contributed by atoms with Gasteiger partial charge in [0.25, 0.3) is 0 Å². The predicted octanol–water partition coefficient (Wildman–Crippen LogP) is 2.13. The normalized spacial score (nSPS) is 9.42. The van der Waals surface area contributed by atoms with E-state index in [0.717, 1.165) is 13.2 Å². The Hall–Kier alpha value is -3.14. The van der Waals surface area contributed by atoms with Crippen molar-refractivity contribution in [2.75, 3.05) is 39.6 Å². The lowest BCUT2D eigenvalue weighted by Crippen LogP contribution is -2.12. The zero-order valence-electron chi connectivity index (χ0n) is 17.7. The summed E-state index contributed by atoms with van der Waals surface area (Å²) in [5.74, 6) is -0.910. The standard InChI is InChI=1S/C12H14O6.C6H6O2.C4H10O/c13-4-6-17-11(15)9-2-1-3-10(8-9)12(16)18-7-5-14;7-5-1-2-6(8)4-3-5;1-3-5-4-2/h1-3,8,13-14H,4-7H2;1-4,7-8H;3-4H2,1-2H3. The molecule has 0 bridgehead atoms. The van der Waals surface area contributed by atoms with Gasteiger partial charge in [0.2, 0.25) is 0 Å². The van der Waals surface area contributed by atoms with Crippen LogP contribution < -0.4 is 0 Å². The quantitative estimate of drug-likeness (QED) is 0.360. The second-order valence-electron chi connectivity index (χ2n) is 5.60. The summed E-state index contributed by atoms with van der Waals surface area (Å²) < 4.78 is 14.3. The van der Waals surface area contributed by atoms with Crippen LogP contribution in [0.5, 0.6) is 11.5 Å². The lowest BCUT2D eigenvalue weighted by molar-refractivity contribution is 0.0430. The molecule has 0 unspecified atom stereocenters. The van der Waals surface area contributed by atoms with Crippen LogP contribution in [0.2, 0.25) is 0 Å². The maximum absolute atomic E-state index is 11.5. The van der Waals surface area contributed by atoms with E-state index in [0.29, 0.717) is 0 Å². The fraction of sp³-hybridized carbons (Fsp3) is 0.364. The van der Waals surface area contributed by atoms with Crippen LogP contribution in [0.25, 0.3) is 0 Å². The summed E-state index contributed by atoms with van der Waals surface area (Å²) in [6.07, 6.45) is 0. The van der Waals surface area contributed by atoms with Crippen molar-refractivity contribution in [3.63, 3.8) is 0 Å². The van der Waals surface area contributed by atoms with Crippen molar-refractivity contribution in [3.8, 4) is 11.5 Å². The molecule has 0 aliphatic heterocycles. The summed E-state index contributed by atoms with van der Waals surface area (Å²) in [4.78, 5) is 22.9. The van der Waals surface area contributed by atoms with Crippen molar-refractivity contribution in [2.45, 2.75) is 13.8 Å². The molecule has 0 amide bonds. The van der Waals surface area contributed by atoms with Gasteiger partial charge in [-0.1, -0.05) is 6.07 Å². The molecule has 0 atom stereocenters. The first-order valence-corrected chi connectivity index (χ1v) is 9.61. The number of ether oxygens (including phenoxy) is 3. The molecule has 0 saturated heterocycles. The molecule has 0 spiro atoms. The fourth-order valence-electron chi connectivity index (χ4n) is 1.87. The van der Waals surface area contributed by atoms with Crippen LogP contribution >= 0.6 is 0 Å². The van der Waals surface area contributed by atoms with Crippen LogP contribution in [0.4, 0.5) is 0 Å². The number of aromatic hydroxyl groups is 2. The average molecular weight is 438 g/mol. The molecule has 4 N–H and O–H groups in total. The van der Waals surface area contributed by atoms with Gasteiger partial charge in [-0.3, -0.25) is 0 Å². The van der Waals surface area contributed by atoms with E-state index in [1.165, 1.54) is 48.5 Å². The van der Waals surface area contributed by atoms with Gasteiger partial charge >= 0.3 is 11.9 Å². The van der Waals surface area contributed by atoms with E-state index >= 15 is 0 Å². The second-order valence-corrected chi connectivity index (χ2v) is 5.60. The summed E-state index contributed by atoms with van der Waals surface area (Å²) in [6.45, 7) is 4.95. The molecule has 9 nitrogen and oxygen atoms in total. The highest BCUT2D eigenvalue weighted by molar-refractivity contribution is 5.95. The molecular formula is C22H30O9. The largest absolute Gasteiger partial charge is 0.508 e. The Balaban J connectivity index is 0.000000566. The number of hydrogen-bond donors (Lipinski definition) is 4. The Bertz CT molecular complexity index is 687. The van der Waals surface area contributed by atoms with Gasteiger partial charge in [0.05, 0.1) is 24.3 Å². The van der Waals surface area contributed by atoms with Gasteiger partial charge in [-0.05, 0) is 56.3 Å². The Labute approximate surface area is 181 Å². The third-order valence-electron chi connectivity index (χ3n) is 3.24. The molecule has 172 valence electrons. The number of esters is 2. The van der Waals surface area contributed by atoms with E-state index in [9.17, 15) is 9.59 Å². The number of carbonyl (C=O) groups excluding carboxylic acids is 2. The monoisotopic (exact) mass is 438 g/mol. The van der Waals surface area contributed by atoms with Crippen LogP contribution in [0.3, 0.4) is 0 Å². The maximum Gasteiger partial charge on any atom is 0.338 e. The van der Waals surface area contributed by atoms with Crippen molar-refractivity contribution in [2.24, 2.45) is 0 Å². The van der Waals surface area contributed by atoms with E-state index in [-0.39, 0.29) is 49.1 Å². The number of aliphatic hydroxyl groups is 2. The number of aliphatic hydroxyl groups excluding tert-OH is 2. The minimum atomic E-state index is -0.624. The molecular weight excluding hydrogens is 408 g/mol. The fourth-order valence-corrected chi connectivity index (χ4v) is 1.87. The van der Waals surface area contributed by atoms with E-state index in [1.54, 1.807) is 0 Å². The average Bonchev–Trinajstić information content (AvgIpc) is 2.79. The summed E-state index contributed by atoms with van der Waals surface area (Å²) >= 11 is 0. The summed E-state index contributed by atoms with van der Waals surface area (Å²) in [5, 5.41) is 34.3. The van der Waals surface area contributed by atoms with Crippen molar-refractivity contribution < 1.29 is 44.2 Å². The number of hydrogen-bond acceptors (Lipinski definition) is 9. The molecule has 0 aromatic heterocycles. The van der Waals surface area contributed by atoms with Gasteiger partial charge in [-0.25, -0.2) is 9.59 Å². The number of phenolic OH excluding ortho intramolecular Hbond substituents is 2. The first-order chi connectivity index (χ1) is 14.9. The molecule has 0 aliphatic carbocycles. The first kappa shape index (κ1) is 27.9. The molecule has 2 aromatic carbocycles. The molecule has 0 aliphatic rings. The van der Waals surface area contributed by atoms with Crippen LogP contribution in [0.15, 0.2) is 48.5 Å². The van der Waals surface area contributed by atoms with Crippen molar-refractivity contribution >= 4 is 11.9 Å². The van der Waals surface area contributed by atoms with Crippen LogP contribution in [0, 0.1) is 0 Å². The zero-order valence-corrected chi connectivity index (χ0v) is 17.7. The van der Waals surface area contributed by atoms with Crippen LogP contribution in [0.1, 0.15) is 34.6 Å². The Morgan fingerprint density at radius 2 is 1.13 bits per heavy atom. The van der Waals surface area contributed by atoms with E-state index in [4.69, 9.17) is 34.6 Å². The molecule has 9 heteroatoms. The first-order valence-electron chi connectivity index (χ1n) is 9.61. The molecule has 0 fully saturated rings. The predicted molar refractivity (Wildman–Crippen MR) is 113 cm³/mol.